The normalized spacial score (nSPS) is 17.6. The molecule has 0 aliphatic carbocycles. The topological polar surface area (TPSA) is 55.3 Å². The standard InChI is InChI=1S/C18H17ClF3N3O2/c19-10-15(26)25-9-1-2-12(11-25)16-17(24-8-7-23-16)27-14-5-3-13(4-6-14)18(20,21)22/h3-8,12H,1-2,9-11H2. The van der Waals surface area contributed by atoms with Gasteiger partial charge in [-0.25, -0.2) is 4.98 Å². The second-order valence-electron chi connectivity index (χ2n) is 6.18. The molecule has 2 heterocycles. The molecule has 0 bridgehead atoms. The van der Waals surface area contributed by atoms with Crippen LogP contribution in [0, 0.1) is 0 Å². The van der Waals surface area contributed by atoms with Gasteiger partial charge in [-0.3, -0.25) is 9.78 Å². The Bertz CT molecular complexity index is 799. The number of ether oxygens (including phenoxy) is 1. The number of halogens is 4. The van der Waals surface area contributed by atoms with Gasteiger partial charge in [0.15, 0.2) is 0 Å². The molecule has 0 N–H and O–H groups in total. The zero-order valence-electron chi connectivity index (χ0n) is 14.2. The van der Waals surface area contributed by atoms with Gasteiger partial charge >= 0.3 is 6.18 Å². The highest BCUT2D eigenvalue weighted by atomic mass is 35.5. The number of amides is 1. The molecular weight excluding hydrogens is 383 g/mol. The smallest absolute Gasteiger partial charge is 0.416 e. The van der Waals surface area contributed by atoms with Crippen LogP contribution in [0.25, 0.3) is 0 Å². The van der Waals surface area contributed by atoms with E-state index in [1.807, 2.05) is 0 Å². The molecule has 1 fully saturated rings. The highest BCUT2D eigenvalue weighted by Crippen LogP contribution is 2.34. The van der Waals surface area contributed by atoms with Gasteiger partial charge in [0.05, 0.1) is 5.56 Å². The van der Waals surface area contributed by atoms with Gasteiger partial charge in [-0.2, -0.15) is 13.2 Å². The van der Waals surface area contributed by atoms with E-state index >= 15 is 0 Å². The molecule has 1 atom stereocenters. The number of carbonyl (C=O) groups excluding carboxylic acids is 1. The van der Waals surface area contributed by atoms with Gasteiger partial charge in [0.25, 0.3) is 0 Å². The van der Waals surface area contributed by atoms with Gasteiger partial charge in [0.1, 0.15) is 17.3 Å². The van der Waals surface area contributed by atoms with Crippen LogP contribution in [0.4, 0.5) is 13.2 Å². The lowest BCUT2D eigenvalue weighted by atomic mass is 9.94. The number of carbonyl (C=O) groups is 1. The van der Waals surface area contributed by atoms with Crippen LogP contribution >= 0.6 is 11.6 Å². The summed E-state index contributed by atoms with van der Waals surface area (Å²) in [5.41, 5.74) is -0.179. The third-order valence-electron chi connectivity index (χ3n) is 4.36. The summed E-state index contributed by atoms with van der Waals surface area (Å²) < 4.78 is 43.7. The predicted molar refractivity (Wildman–Crippen MR) is 92.8 cm³/mol. The van der Waals surface area contributed by atoms with Gasteiger partial charge in [0, 0.05) is 31.4 Å². The first-order chi connectivity index (χ1) is 12.9. The summed E-state index contributed by atoms with van der Waals surface area (Å²) in [7, 11) is 0. The largest absolute Gasteiger partial charge is 0.437 e. The van der Waals surface area contributed by atoms with Crippen LogP contribution in [0.3, 0.4) is 0 Å². The van der Waals surface area contributed by atoms with Gasteiger partial charge < -0.3 is 9.64 Å². The molecule has 0 radical (unpaired) electrons. The highest BCUT2D eigenvalue weighted by Gasteiger charge is 2.30. The number of rotatable bonds is 4. The predicted octanol–water partition coefficient (Wildman–Crippen LogP) is 4.23. The molecule has 0 saturated carbocycles. The molecule has 1 saturated heterocycles. The first-order valence-electron chi connectivity index (χ1n) is 8.38. The van der Waals surface area contributed by atoms with Crippen LogP contribution in [-0.4, -0.2) is 39.7 Å². The lowest BCUT2D eigenvalue weighted by Crippen LogP contribution is -2.40. The second-order valence-corrected chi connectivity index (χ2v) is 6.45. The Labute approximate surface area is 159 Å². The van der Waals surface area contributed by atoms with E-state index in [-0.39, 0.29) is 29.3 Å². The van der Waals surface area contributed by atoms with Crippen molar-refractivity contribution in [3.8, 4) is 11.6 Å². The third-order valence-corrected chi connectivity index (χ3v) is 4.59. The van der Waals surface area contributed by atoms with Crippen LogP contribution in [0.5, 0.6) is 11.6 Å². The van der Waals surface area contributed by atoms with Crippen molar-refractivity contribution >= 4 is 17.5 Å². The van der Waals surface area contributed by atoms with E-state index in [0.717, 1.165) is 25.0 Å². The maximum absolute atomic E-state index is 12.7. The molecule has 1 aliphatic heterocycles. The summed E-state index contributed by atoms with van der Waals surface area (Å²) in [4.78, 5) is 22.1. The van der Waals surface area contributed by atoms with Crippen LogP contribution in [0.1, 0.15) is 30.0 Å². The maximum Gasteiger partial charge on any atom is 0.416 e. The summed E-state index contributed by atoms with van der Waals surface area (Å²) in [5, 5.41) is 0. The highest BCUT2D eigenvalue weighted by molar-refractivity contribution is 6.27. The number of aromatic nitrogens is 2. The number of benzene rings is 1. The Morgan fingerprint density at radius 2 is 1.93 bits per heavy atom. The lowest BCUT2D eigenvalue weighted by molar-refractivity contribution is -0.137. The zero-order chi connectivity index (χ0) is 19.4. The Hall–Kier alpha value is -2.35. The molecule has 1 aliphatic rings. The van der Waals surface area contributed by atoms with Crippen molar-refractivity contribution < 1.29 is 22.7 Å². The zero-order valence-corrected chi connectivity index (χ0v) is 15.0. The average molecular weight is 400 g/mol. The van der Waals surface area contributed by atoms with Gasteiger partial charge in [-0.1, -0.05) is 0 Å². The minimum absolute atomic E-state index is 0.0796. The number of likely N-dealkylation sites (tertiary alicyclic amines) is 1. The Kier molecular flexibility index (Phi) is 5.84. The quantitative estimate of drug-likeness (QED) is 0.722. The fraction of sp³-hybridized carbons (Fsp3) is 0.389. The molecule has 1 amide bonds. The van der Waals surface area contributed by atoms with Crippen molar-refractivity contribution in [3.05, 3.63) is 47.9 Å². The fourth-order valence-corrected chi connectivity index (χ4v) is 3.20. The van der Waals surface area contributed by atoms with Crippen molar-refractivity contribution in [1.82, 2.24) is 14.9 Å². The van der Waals surface area contributed by atoms with Crippen molar-refractivity contribution in [3.63, 3.8) is 0 Å². The number of piperidine rings is 1. The minimum Gasteiger partial charge on any atom is -0.437 e. The maximum atomic E-state index is 12.7. The molecule has 144 valence electrons. The van der Waals surface area contributed by atoms with Crippen LogP contribution < -0.4 is 4.74 Å². The van der Waals surface area contributed by atoms with E-state index in [0.29, 0.717) is 18.8 Å². The number of alkyl halides is 4. The Morgan fingerprint density at radius 3 is 2.59 bits per heavy atom. The summed E-state index contributed by atoms with van der Waals surface area (Å²) in [5.74, 6) is 0.151. The van der Waals surface area contributed by atoms with Crippen LogP contribution in [-0.2, 0) is 11.0 Å². The van der Waals surface area contributed by atoms with Gasteiger partial charge in [0.2, 0.25) is 11.8 Å². The number of nitrogens with zero attached hydrogens (tertiary/aromatic N) is 3. The third kappa shape index (κ3) is 4.68. The van der Waals surface area contributed by atoms with Crippen LogP contribution in [0.2, 0.25) is 0 Å². The average Bonchev–Trinajstić information content (AvgIpc) is 2.67. The number of hydrogen-bond donors (Lipinski definition) is 0. The molecule has 1 aromatic carbocycles. The molecule has 9 heteroatoms. The monoisotopic (exact) mass is 399 g/mol. The van der Waals surface area contributed by atoms with Crippen molar-refractivity contribution in [2.45, 2.75) is 24.9 Å². The molecule has 0 spiro atoms. The SMILES string of the molecule is O=C(CCl)N1CCCC(c2nccnc2Oc2ccc(C(F)(F)F)cc2)C1. The number of hydrogen-bond acceptors (Lipinski definition) is 4. The van der Waals surface area contributed by atoms with Gasteiger partial charge in [-0.05, 0) is 37.1 Å². The van der Waals surface area contributed by atoms with E-state index in [4.69, 9.17) is 16.3 Å². The Balaban J connectivity index is 1.79. The van der Waals surface area contributed by atoms with Crippen LogP contribution in [0.15, 0.2) is 36.7 Å². The van der Waals surface area contributed by atoms with Crippen molar-refractivity contribution in [2.24, 2.45) is 0 Å². The van der Waals surface area contributed by atoms with Gasteiger partial charge in [-0.15, -0.1) is 11.6 Å². The summed E-state index contributed by atoms with van der Waals surface area (Å²) in [6.45, 7) is 1.09. The summed E-state index contributed by atoms with van der Waals surface area (Å²) in [6.07, 6.45) is 0.166. The lowest BCUT2D eigenvalue weighted by Gasteiger charge is -2.32. The molecule has 1 aromatic heterocycles. The fourth-order valence-electron chi connectivity index (χ4n) is 3.03. The molecular formula is C18H17ClF3N3O2. The first kappa shape index (κ1) is 19.4. The summed E-state index contributed by atoms with van der Waals surface area (Å²) in [6, 6.07) is 4.39. The molecule has 1 unspecified atom stereocenters. The minimum atomic E-state index is -4.41. The summed E-state index contributed by atoms with van der Waals surface area (Å²) >= 11 is 5.64. The van der Waals surface area contributed by atoms with E-state index in [9.17, 15) is 18.0 Å². The van der Waals surface area contributed by atoms with Crippen molar-refractivity contribution in [2.75, 3.05) is 19.0 Å². The van der Waals surface area contributed by atoms with E-state index < -0.39 is 11.7 Å². The van der Waals surface area contributed by atoms with E-state index in [1.54, 1.807) is 4.90 Å². The van der Waals surface area contributed by atoms with Crippen molar-refractivity contribution in [1.29, 1.82) is 0 Å². The second kappa shape index (κ2) is 8.12. The molecule has 27 heavy (non-hydrogen) atoms. The molecule has 5 nitrogen and oxygen atoms in total. The Morgan fingerprint density at radius 1 is 1.22 bits per heavy atom. The first-order valence-corrected chi connectivity index (χ1v) is 8.91. The molecule has 3 rings (SSSR count). The molecule has 2 aromatic rings. The van der Waals surface area contributed by atoms with E-state index in [1.165, 1.54) is 24.5 Å². The van der Waals surface area contributed by atoms with E-state index in [2.05, 4.69) is 9.97 Å².